The highest BCUT2D eigenvalue weighted by molar-refractivity contribution is 7.12. The van der Waals surface area contributed by atoms with Gasteiger partial charge in [0.2, 0.25) is 0 Å². The number of aryl methyl sites for hydroxylation is 1. The molecular weight excluding hydrogens is 352 g/mol. The van der Waals surface area contributed by atoms with Crippen molar-refractivity contribution in [3.05, 3.63) is 64.0 Å². The van der Waals surface area contributed by atoms with E-state index in [0.717, 1.165) is 11.3 Å². The van der Waals surface area contributed by atoms with Gasteiger partial charge in [0, 0.05) is 19.7 Å². The summed E-state index contributed by atoms with van der Waals surface area (Å²) >= 11 is 1.35. The van der Waals surface area contributed by atoms with Crippen LogP contribution in [0.4, 0.5) is 5.82 Å². The van der Waals surface area contributed by atoms with Gasteiger partial charge in [0.05, 0.1) is 12.0 Å². The molecule has 0 radical (unpaired) electrons. The molecule has 0 atom stereocenters. The predicted octanol–water partition coefficient (Wildman–Crippen LogP) is 2.67. The summed E-state index contributed by atoms with van der Waals surface area (Å²) in [5.74, 6) is 0.634. The number of carbonyl (C=O) groups is 2. The molecule has 0 unspecified atom stereocenters. The van der Waals surface area contributed by atoms with E-state index in [9.17, 15) is 9.59 Å². The van der Waals surface area contributed by atoms with Crippen molar-refractivity contribution < 1.29 is 14.3 Å². The third-order valence-corrected chi connectivity index (χ3v) is 4.55. The van der Waals surface area contributed by atoms with Gasteiger partial charge in [-0.25, -0.2) is 0 Å². The second-order valence-electron chi connectivity index (χ2n) is 5.50. The first-order chi connectivity index (χ1) is 12.6. The Balaban J connectivity index is 1.64. The number of thiophene rings is 1. The lowest BCUT2D eigenvalue weighted by Gasteiger charge is -2.05. The fourth-order valence-corrected chi connectivity index (χ4v) is 2.96. The lowest BCUT2D eigenvalue weighted by atomic mass is 10.2. The fraction of sp³-hybridized carbons (Fsp3) is 0.167. The summed E-state index contributed by atoms with van der Waals surface area (Å²) < 4.78 is 6.63. The Morgan fingerprint density at radius 1 is 1.19 bits per heavy atom. The van der Waals surface area contributed by atoms with Crippen LogP contribution in [0, 0.1) is 0 Å². The topological polar surface area (TPSA) is 85.3 Å². The van der Waals surface area contributed by atoms with E-state index in [4.69, 9.17) is 4.74 Å². The van der Waals surface area contributed by atoms with E-state index in [0.29, 0.717) is 17.2 Å². The van der Waals surface area contributed by atoms with Gasteiger partial charge >= 0.3 is 0 Å². The lowest BCUT2D eigenvalue weighted by Crippen LogP contribution is -2.23. The highest BCUT2D eigenvalue weighted by Crippen LogP contribution is 2.15. The number of anilines is 1. The number of rotatable bonds is 6. The van der Waals surface area contributed by atoms with Crippen LogP contribution in [0.5, 0.6) is 5.75 Å². The molecule has 7 nitrogen and oxygen atoms in total. The molecule has 0 saturated heterocycles. The SMILES string of the molecule is COc1cccc(CNC(=O)c2cc(NC(=O)c3cccs3)n(C)n2)c1. The van der Waals surface area contributed by atoms with Gasteiger partial charge in [-0.2, -0.15) is 5.10 Å². The normalized spacial score (nSPS) is 10.4. The molecule has 2 aromatic heterocycles. The summed E-state index contributed by atoms with van der Waals surface area (Å²) in [5.41, 5.74) is 1.15. The van der Waals surface area contributed by atoms with Crippen molar-refractivity contribution in [3.63, 3.8) is 0 Å². The van der Waals surface area contributed by atoms with Crippen molar-refractivity contribution in [1.29, 1.82) is 0 Å². The van der Waals surface area contributed by atoms with E-state index >= 15 is 0 Å². The molecule has 0 aliphatic heterocycles. The van der Waals surface area contributed by atoms with Crippen molar-refractivity contribution >= 4 is 29.0 Å². The molecule has 0 aliphatic rings. The Labute approximate surface area is 154 Å². The molecular formula is C18H18N4O3S. The van der Waals surface area contributed by atoms with Crippen LogP contribution in [0.15, 0.2) is 47.8 Å². The monoisotopic (exact) mass is 370 g/mol. The van der Waals surface area contributed by atoms with Gasteiger partial charge in [-0.05, 0) is 29.1 Å². The van der Waals surface area contributed by atoms with Crippen molar-refractivity contribution in [2.45, 2.75) is 6.54 Å². The molecule has 3 aromatic rings. The molecule has 0 fully saturated rings. The first-order valence-corrected chi connectivity index (χ1v) is 8.75. The maximum atomic E-state index is 12.3. The molecule has 2 N–H and O–H groups in total. The number of carbonyl (C=O) groups excluding carboxylic acids is 2. The number of aromatic nitrogens is 2. The number of nitrogens with one attached hydrogen (secondary N) is 2. The number of benzene rings is 1. The molecule has 2 amide bonds. The molecule has 3 rings (SSSR count). The van der Waals surface area contributed by atoms with Gasteiger partial charge in [0.25, 0.3) is 11.8 Å². The molecule has 0 spiro atoms. The summed E-state index contributed by atoms with van der Waals surface area (Å²) in [5, 5.41) is 11.5. The van der Waals surface area contributed by atoms with Crippen LogP contribution in [0.25, 0.3) is 0 Å². The zero-order valence-electron chi connectivity index (χ0n) is 14.4. The third-order valence-electron chi connectivity index (χ3n) is 3.69. The van der Waals surface area contributed by atoms with Crippen LogP contribution in [0.2, 0.25) is 0 Å². The Bertz CT molecular complexity index is 918. The smallest absolute Gasteiger partial charge is 0.272 e. The van der Waals surface area contributed by atoms with E-state index in [1.54, 1.807) is 32.4 Å². The molecule has 2 heterocycles. The minimum Gasteiger partial charge on any atom is -0.497 e. The second kappa shape index (κ2) is 7.83. The molecule has 26 heavy (non-hydrogen) atoms. The fourth-order valence-electron chi connectivity index (χ4n) is 2.34. The van der Waals surface area contributed by atoms with Gasteiger partial charge in [0.15, 0.2) is 5.69 Å². The number of hydrogen-bond donors (Lipinski definition) is 2. The third kappa shape index (κ3) is 4.09. The zero-order chi connectivity index (χ0) is 18.5. The van der Waals surface area contributed by atoms with Gasteiger partial charge in [-0.15, -0.1) is 11.3 Å². The standard InChI is InChI=1S/C18H18N4O3S/c1-22-16(20-18(24)15-7-4-8-26-15)10-14(21-22)17(23)19-11-12-5-3-6-13(9-12)25-2/h3-10H,11H2,1-2H3,(H,19,23)(H,20,24). The summed E-state index contributed by atoms with van der Waals surface area (Å²) in [4.78, 5) is 25.0. The van der Waals surface area contributed by atoms with Gasteiger partial charge in [-0.1, -0.05) is 18.2 Å². The predicted molar refractivity (Wildman–Crippen MR) is 99.6 cm³/mol. The molecule has 8 heteroatoms. The number of methoxy groups -OCH3 is 1. The molecule has 0 saturated carbocycles. The average Bonchev–Trinajstić information content (AvgIpc) is 3.30. The maximum absolute atomic E-state index is 12.3. The van der Waals surface area contributed by atoms with Crippen LogP contribution in [-0.4, -0.2) is 28.7 Å². The van der Waals surface area contributed by atoms with E-state index < -0.39 is 0 Å². The Hall–Kier alpha value is -3.13. The Kier molecular flexibility index (Phi) is 5.33. The Morgan fingerprint density at radius 3 is 2.77 bits per heavy atom. The first-order valence-electron chi connectivity index (χ1n) is 7.87. The zero-order valence-corrected chi connectivity index (χ0v) is 15.2. The summed E-state index contributed by atoms with van der Waals surface area (Å²) in [6.45, 7) is 0.351. The van der Waals surface area contributed by atoms with Gasteiger partial charge < -0.3 is 15.4 Å². The van der Waals surface area contributed by atoms with Crippen molar-refractivity contribution in [3.8, 4) is 5.75 Å². The summed E-state index contributed by atoms with van der Waals surface area (Å²) in [7, 11) is 3.26. The van der Waals surface area contributed by atoms with Gasteiger partial charge in [-0.3, -0.25) is 14.3 Å². The largest absolute Gasteiger partial charge is 0.497 e. The highest BCUT2D eigenvalue weighted by Gasteiger charge is 2.15. The van der Waals surface area contributed by atoms with Crippen molar-refractivity contribution in [1.82, 2.24) is 15.1 Å². The molecule has 134 valence electrons. The number of ether oxygens (including phenoxy) is 1. The number of hydrogen-bond acceptors (Lipinski definition) is 5. The highest BCUT2D eigenvalue weighted by atomic mass is 32.1. The van der Waals surface area contributed by atoms with Crippen molar-refractivity contribution in [2.24, 2.45) is 7.05 Å². The minimum atomic E-state index is -0.319. The molecule has 1 aromatic carbocycles. The van der Waals surface area contributed by atoms with Crippen LogP contribution < -0.4 is 15.4 Å². The lowest BCUT2D eigenvalue weighted by molar-refractivity contribution is 0.0944. The number of amides is 2. The summed E-state index contributed by atoms with van der Waals surface area (Å²) in [6, 6.07) is 12.5. The average molecular weight is 370 g/mol. The maximum Gasteiger partial charge on any atom is 0.272 e. The van der Waals surface area contributed by atoms with Crippen LogP contribution >= 0.6 is 11.3 Å². The molecule has 0 bridgehead atoms. The van der Waals surface area contributed by atoms with E-state index in [1.165, 1.54) is 16.0 Å². The van der Waals surface area contributed by atoms with Gasteiger partial charge in [0.1, 0.15) is 11.6 Å². The Morgan fingerprint density at radius 2 is 2.04 bits per heavy atom. The first kappa shape index (κ1) is 17.7. The molecule has 0 aliphatic carbocycles. The summed E-state index contributed by atoms with van der Waals surface area (Å²) in [6.07, 6.45) is 0. The van der Waals surface area contributed by atoms with E-state index in [2.05, 4.69) is 15.7 Å². The van der Waals surface area contributed by atoms with E-state index in [1.807, 2.05) is 29.6 Å². The number of nitrogens with zero attached hydrogens (tertiary/aromatic N) is 2. The van der Waals surface area contributed by atoms with Crippen molar-refractivity contribution in [2.75, 3.05) is 12.4 Å². The quantitative estimate of drug-likeness (QED) is 0.699. The van der Waals surface area contributed by atoms with Crippen LogP contribution in [0.1, 0.15) is 25.7 Å². The van der Waals surface area contributed by atoms with E-state index in [-0.39, 0.29) is 17.5 Å². The second-order valence-corrected chi connectivity index (χ2v) is 6.45. The minimum absolute atomic E-state index is 0.230. The van der Waals surface area contributed by atoms with Crippen LogP contribution in [0.3, 0.4) is 0 Å². The van der Waals surface area contributed by atoms with Crippen LogP contribution in [-0.2, 0) is 13.6 Å².